The standard InChI is InChI=1S/C17H24N2O2/c1-6-11(2)18-15(20)10-12-7-8-14-13(9-12)17(3,4)16(21)19(14)5/h7-9,11H,6,10H2,1-5H3,(H,18,20). The normalized spacial score (nSPS) is 17.6. The number of hydrogen-bond acceptors (Lipinski definition) is 2. The number of amides is 2. The molecule has 1 unspecified atom stereocenters. The summed E-state index contributed by atoms with van der Waals surface area (Å²) in [4.78, 5) is 25.9. The van der Waals surface area contributed by atoms with Gasteiger partial charge in [0.1, 0.15) is 0 Å². The Balaban J connectivity index is 2.21. The summed E-state index contributed by atoms with van der Waals surface area (Å²) in [5.41, 5.74) is 2.37. The monoisotopic (exact) mass is 288 g/mol. The second kappa shape index (κ2) is 5.51. The van der Waals surface area contributed by atoms with Gasteiger partial charge in [0.05, 0.1) is 11.8 Å². The first-order valence-corrected chi connectivity index (χ1v) is 7.48. The fourth-order valence-electron chi connectivity index (χ4n) is 2.74. The van der Waals surface area contributed by atoms with Gasteiger partial charge in [0, 0.05) is 18.8 Å². The summed E-state index contributed by atoms with van der Waals surface area (Å²) in [6, 6.07) is 6.05. The molecule has 0 saturated heterocycles. The Bertz CT molecular complexity index is 578. The molecule has 4 heteroatoms. The second-order valence-corrected chi connectivity index (χ2v) is 6.39. The number of benzene rings is 1. The molecule has 1 aliphatic rings. The van der Waals surface area contributed by atoms with Gasteiger partial charge in [0.25, 0.3) is 0 Å². The van der Waals surface area contributed by atoms with E-state index in [9.17, 15) is 9.59 Å². The van der Waals surface area contributed by atoms with E-state index in [2.05, 4.69) is 5.32 Å². The minimum absolute atomic E-state index is 0.0276. The van der Waals surface area contributed by atoms with E-state index in [1.54, 1.807) is 11.9 Å². The molecule has 0 aromatic heterocycles. The number of anilines is 1. The first-order valence-electron chi connectivity index (χ1n) is 7.48. The van der Waals surface area contributed by atoms with Gasteiger partial charge in [-0.2, -0.15) is 0 Å². The SMILES string of the molecule is CCC(C)NC(=O)Cc1ccc2c(c1)C(C)(C)C(=O)N2C. The van der Waals surface area contributed by atoms with Gasteiger partial charge in [-0.25, -0.2) is 0 Å². The number of nitrogens with zero attached hydrogens (tertiary/aromatic N) is 1. The number of hydrogen-bond donors (Lipinski definition) is 1. The Morgan fingerprint density at radius 2 is 2.05 bits per heavy atom. The van der Waals surface area contributed by atoms with E-state index >= 15 is 0 Å². The Hall–Kier alpha value is -1.84. The lowest BCUT2D eigenvalue weighted by Crippen LogP contribution is -2.33. The third-order valence-electron chi connectivity index (χ3n) is 4.32. The second-order valence-electron chi connectivity index (χ2n) is 6.39. The molecule has 1 N–H and O–H groups in total. The summed E-state index contributed by atoms with van der Waals surface area (Å²) in [5.74, 6) is 0.124. The largest absolute Gasteiger partial charge is 0.353 e. The third kappa shape index (κ3) is 2.80. The van der Waals surface area contributed by atoms with Crippen LogP contribution >= 0.6 is 0 Å². The Labute approximate surface area is 126 Å². The van der Waals surface area contributed by atoms with Crippen molar-refractivity contribution in [2.24, 2.45) is 0 Å². The van der Waals surface area contributed by atoms with E-state index in [4.69, 9.17) is 0 Å². The van der Waals surface area contributed by atoms with Crippen LogP contribution in [0.4, 0.5) is 5.69 Å². The fourth-order valence-corrected chi connectivity index (χ4v) is 2.74. The predicted octanol–water partition coefficient (Wildman–Crippen LogP) is 2.40. The highest BCUT2D eigenvalue weighted by Crippen LogP contribution is 2.41. The zero-order chi connectivity index (χ0) is 15.8. The van der Waals surface area contributed by atoms with Crippen molar-refractivity contribution in [3.05, 3.63) is 29.3 Å². The van der Waals surface area contributed by atoms with Gasteiger partial charge >= 0.3 is 0 Å². The zero-order valence-corrected chi connectivity index (χ0v) is 13.5. The van der Waals surface area contributed by atoms with Crippen LogP contribution in [0.3, 0.4) is 0 Å². The molecule has 1 aromatic carbocycles. The Kier molecular flexibility index (Phi) is 4.08. The predicted molar refractivity (Wildman–Crippen MR) is 84.5 cm³/mol. The number of nitrogens with one attached hydrogen (secondary N) is 1. The molecule has 1 aliphatic heterocycles. The van der Waals surface area contributed by atoms with Crippen LogP contribution in [0.2, 0.25) is 0 Å². The lowest BCUT2D eigenvalue weighted by Gasteiger charge is -2.17. The molecule has 2 amide bonds. The highest BCUT2D eigenvalue weighted by atomic mass is 16.2. The zero-order valence-electron chi connectivity index (χ0n) is 13.5. The lowest BCUT2D eigenvalue weighted by atomic mass is 9.85. The highest BCUT2D eigenvalue weighted by Gasteiger charge is 2.42. The molecule has 0 spiro atoms. The maximum absolute atomic E-state index is 12.2. The van der Waals surface area contributed by atoms with E-state index in [1.165, 1.54) is 0 Å². The molecule has 1 aromatic rings. The molecule has 0 aliphatic carbocycles. The molecule has 114 valence electrons. The average Bonchev–Trinajstić information content (AvgIpc) is 2.60. The third-order valence-corrected chi connectivity index (χ3v) is 4.32. The molecule has 0 saturated carbocycles. The molecule has 0 radical (unpaired) electrons. The summed E-state index contributed by atoms with van der Waals surface area (Å²) in [7, 11) is 1.80. The van der Waals surface area contributed by atoms with Crippen molar-refractivity contribution >= 4 is 17.5 Å². The molecule has 4 nitrogen and oxygen atoms in total. The number of carbonyl (C=O) groups excluding carboxylic acids is 2. The maximum Gasteiger partial charge on any atom is 0.236 e. The van der Waals surface area contributed by atoms with Crippen LogP contribution in [0.5, 0.6) is 0 Å². The maximum atomic E-state index is 12.2. The van der Waals surface area contributed by atoms with E-state index in [1.807, 2.05) is 45.9 Å². The van der Waals surface area contributed by atoms with Gasteiger partial charge in [-0.15, -0.1) is 0 Å². The molecule has 0 fully saturated rings. The topological polar surface area (TPSA) is 49.4 Å². The van der Waals surface area contributed by atoms with Crippen molar-refractivity contribution in [1.82, 2.24) is 5.32 Å². The molecule has 1 atom stereocenters. The van der Waals surface area contributed by atoms with Crippen molar-refractivity contribution in [2.45, 2.75) is 52.0 Å². The molecule has 2 rings (SSSR count). The van der Waals surface area contributed by atoms with Crippen LogP contribution in [0.15, 0.2) is 18.2 Å². The molecule has 0 bridgehead atoms. The summed E-state index contributed by atoms with van der Waals surface area (Å²) in [6.45, 7) is 7.91. The number of likely N-dealkylation sites (N-methyl/N-ethyl adjacent to an activating group) is 1. The summed E-state index contributed by atoms with van der Waals surface area (Å²) in [5, 5.41) is 2.97. The van der Waals surface area contributed by atoms with Gasteiger partial charge in [-0.3, -0.25) is 9.59 Å². The van der Waals surface area contributed by atoms with Crippen LogP contribution < -0.4 is 10.2 Å². The van der Waals surface area contributed by atoms with Gasteiger partial charge in [0.2, 0.25) is 11.8 Å². The van der Waals surface area contributed by atoms with Gasteiger partial charge < -0.3 is 10.2 Å². The van der Waals surface area contributed by atoms with Gasteiger partial charge in [0.15, 0.2) is 0 Å². The van der Waals surface area contributed by atoms with Gasteiger partial charge in [-0.05, 0) is 44.4 Å². The quantitative estimate of drug-likeness (QED) is 0.925. The van der Waals surface area contributed by atoms with Crippen LogP contribution in [-0.2, 0) is 21.4 Å². The average molecular weight is 288 g/mol. The smallest absolute Gasteiger partial charge is 0.236 e. The van der Waals surface area contributed by atoms with Crippen molar-refractivity contribution in [1.29, 1.82) is 0 Å². The van der Waals surface area contributed by atoms with E-state index in [0.29, 0.717) is 6.42 Å². The van der Waals surface area contributed by atoms with Crippen molar-refractivity contribution < 1.29 is 9.59 Å². The molecule has 21 heavy (non-hydrogen) atoms. The van der Waals surface area contributed by atoms with Crippen LogP contribution in [-0.4, -0.2) is 24.9 Å². The Morgan fingerprint density at radius 3 is 2.67 bits per heavy atom. The fraction of sp³-hybridized carbons (Fsp3) is 0.529. The lowest BCUT2D eigenvalue weighted by molar-refractivity contribution is -0.122. The minimum atomic E-state index is -0.521. The van der Waals surface area contributed by atoms with Crippen molar-refractivity contribution in [3.8, 4) is 0 Å². The van der Waals surface area contributed by atoms with Crippen LogP contribution in [0.1, 0.15) is 45.2 Å². The first-order chi connectivity index (χ1) is 9.77. The van der Waals surface area contributed by atoms with E-state index in [0.717, 1.165) is 23.2 Å². The Morgan fingerprint density at radius 1 is 1.38 bits per heavy atom. The minimum Gasteiger partial charge on any atom is -0.353 e. The summed E-state index contributed by atoms with van der Waals surface area (Å²) < 4.78 is 0. The molecular formula is C17H24N2O2. The number of fused-ring (bicyclic) bond motifs is 1. The first kappa shape index (κ1) is 15.5. The van der Waals surface area contributed by atoms with Crippen LogP contribution in [0, 0.1) is 0 Å². The van der Waals surface area contributed by atoms with Crippen LogP contribution in [0.25, 0.3) is 0 Å². The summed E-state index contributed by atoms with van der Waals surface area (Å²) in [6.07, 6.45) is 1.27. The van der Waals surface area contributed by atoms with Gasteiger partial charge in [-0.1, -0.05) is 19.1 Å². The van der Waals surface area contributed by atoms with E-state index in [-0.39, 0.29) is 17.9 Å². The number of carbonyl (C=O) groups is 2. The molecular weight excluding hydrogens is 264 g/mol. The van der Waals surface area contributed by atoms with Crippen molar-refractivity contribution in [3.63, 3.8) is 0 Å². The number of rotatable bonds is 4. The summed E-state index contributed by atoms with van der Waals surface area (Å²) >= 11 is 0. The van der Waals surface area contributed by atoms with E-state index < -0.39 is 5.41 Å². The highest BCUT2D eigenvalue weighted by molar-refractivity contribution is 6.07. The molecule has 1 heterocycles. The van der Waals surface area contributed by atoms with Crippen molar-refractivity contribution in [2.75, 3.05) is 11.9 Å².